The Morgan fingerprint density at radius 1 is 1.21 bits per heavy atom. The highest BCUT2D eigenvalue weighted by molar-refractivity contribution is 5.89. The Bertz CT molecular complexity index is 698. The molecular formula is C22H34N4O2. The van der Waals surface area contributed by atoms with Crippen LogP contribution in [-0.4, -0.2) is 79.7 Å². The second kappa shape index (κ2) is 8.97. The van der Waals surface area contributed by atoms with Crippen molar-refractivity contribution < 1.29 is 9.53 Å². The zero-order valence-corrected chi connectivity index (χ0v) is 17.5. The molecule has 28 heavy (non-hydrogen) atoms. The number of nitrogens with zero attached hydrogens (tertiary/aromatic N) is 3. The van der Waals surface area contributed by atoms with Gasteiger partial charge in [0.1, 0.15) is 12.4 Å². The van der Waals surface area contributed by atoms with Crippen LogP contribution in [0.3, 0.4) is 0 Å². The van der Waals surface area contributed by atoms with Crippen LogP contribution in [0.4, 0.5) is 10.5 Å². The van der Waals surface area contributed by atoms with E-state index in [0.29, 0.717) is 6.61 Å². The number of benzene rings is 1. The average molecular weight is 387 g/mol. The SMILES string of the molecule is C=C(C)COc1cccc(NC(=O)N2CCC3(CC2)CN(C)CCCN3C)c1. The summed E-state index contributed by atoms with van der Waals surface area (Å²) in [5.74, 6) is 0.738. The first-order valence-electron chi connectivity index (χ1n) is 10.2. The highest BCUT2D eigenvalue weighted by Gasteiger charge is 2.40. The van der Waals surface area contributed by atoms with E-state index in [1.807, 2.05) is 36.1 Å². The lowest BCUT2D eigenvalue weighted by molar-refractivity contribution is 0.0442. The number of rotatable bonds is 4. The summed E-state index contributed by atoms with van der Waals surface area (Å²) in [6, 6.07) is 7.51. The van der Waals surface area contributed by atoms with Crippen LogP contribution in [0.1, 0.15) is 26.2 Å². The van der Waals surface area contributed by atoms with E-state index in [1.54, 1.807) is 0 Å². The van der Waals surface area contributed by atoms with E-state index in [2.05, 4.69) is 35.8 Å². The number of carbonyl (C=O) groups is 1. The zero-order valence-electron chi connectivity index (χ0n) is 17.5. The fourth-order valence-corrected chi connectivity index (χ4v) is 4.26. The number of nitrogens with one attached hydrogen (secondary N) is 1. The number of piperidine rings is 1. The maximum atomic E-state index is 12.8. The quantitative estimate of drug-likeness (QED) is 0.807. The Morgan fingerprint density at radius 2 is 1.96 bits per heavy atom. The minimum absolute atomic E-state index is 0.0310. The van der Waals surface area contributed by atoms with Gasteiger partial charge in [-0.1, -0.05) is 12.6 Å². The third-order valence-corrected chi connectivity index (χ3v) is 5.96. The molecule has 0 unspecified atom stereocenters. The Kier molecular flexibility index (Phi) is 6.62. The molecule has 6 nitrogen and oxygen atoms in total. The van der Waals surface area contributed by atoms with Crippen molar-refractivity contribution in [1.29, 1.82) is 0 Å². The van der Waals surface area contributed by atoms with Gasteiger partial charge >= 0.3 is 6.03 Å². The molecule has 1 N–H and O–H groups in total. The maximum absolute atomic E-state index is 12.8. The third kappa shape index (κ3) is 5.06. The third-order valence-electron chi connectivity index (χ3n) is 5.96. The van der Waals surface area contributed by atoms with Gasteiger partial charge in [0.05, 0.1) is 0 Å². The van der Waals surface area contributed by atoms with Crippen LogP contribution in [0.15, 0.2) is 36.4 Å². The number of likely N-dealkylation sites (N-methyl/N-ethyl adjacent to an activating group) is 2. The van der Waals surface area contributed by atoms with E-state index in [1.165, 1.54) is 6.42 Å². The number of likely N-dealkylation sites (tertiary alicyclic amines) is 1. The molecular weight excluding hydrogens is 352 g/mol. The smallest absolute Gasteiger partial charge is 0.321 e. The fraction of sp³-hybridized carbons (Fsp3) is 0.591. The average Bonchev–Trinajstić information content (AvgIpc) is 2.79. The molecule has 1 spiro atoms. The zero-order chi connectivity index (χ0) is 20.1. The van der Waals surface area contributed by atoms with Crippen LogP contribution < -0.4 is 10.1 Å². The van der Waals surface area contributed by atoms with Crippen molar-refractivity contribution in [3.8, 4) is 5.75 Å². The molecule has 0 bridgehead atoms. The summed E-state index contributed by atoms with van der Waals surface area (Å²) in [5.41, 5.74) is 1.92. The normalized spacial score (nSPS) is 20.6. The Hall–Kier alpha value is -2.05. The lowest BCUT2D eigenvalue weighted by atomic mass is 9.85. The van der Waals surface area contributed by atoms with Gasteiger partial charge in [-0.25, -0.2) is 4.79 Å². The minimum atomic E-state index is -0.0310. The minimum Gasteiger partial charge on any atom is -0.489 e. The lowest BCUT2D eigenvalue weighted by Crippen LogP contribution is -2.58. The van der Waals surface area contributed by atoms with E-state index in [-0.39, 0.29) is 11.6 Å². The number of amides is 2. The van der Waals surface area contributed by atoms with Crippen molar-refractivity contribution in [2.45, 2.75) is 31.7 Å². The van der Waals surface area contributed by atoms with Crippen molar-refractivity contribution in [1.82, 2.24) is 14.7 Å². The molecule has 2 saturated heterocycles. The van der Waals surface area contributed by atoms with Gasteiger partial charge in [0.15, 0.2) is 0 Å². The fourth-order valence-electron chi connectivity index (χ4n) is 4.26. The van der Waals surface area contributed by atoms with Gasteiger partial charge in [-0.05, 0) is 71.1 Å². The summed E-state index contributed by atoms with van der Waals surface area (Å²) < 4.78 is 5.67. The molecule has 0 saturated carbocycles. The van der Waals surface area contributed by atoms with Crippen LogP contribution in [0, 0.1) is 0 Å². The van der Waals surface area contributed by atoms with Gasteiger partial charge in [0, 0.05) is 36.9 Å². The molecule has 2 heterocycles. The number of anilines is 1. The maximum Gasteiger partial charge on any atom is 0.321 e. The second-order valence-electron chi connectivity index (χ2n) is 8.43. The lowest BCUT2D eigenvalue weighted by Gasteiger charge is -2.47. The summed E-state index contributed by atoms with van der Waals surface area (Å²) in [6.07, 6.45) is 3.24. The van der Waals surface area contributed by atoms with Crippen LogP contribution in [0.5, 0.6) is 5.75 Å². The second-order valence-corrected chi connectivity index (χ2v) is 8.43. The summed E-state index contributed by atoms with van der Waals surface area (Å²) in [5, 5.41) is 3.02. The molecule has 1 aromatic carbocycles. The summed E-state index contributed by atoms with van der Waals surface area (Å²) in [7, 11) is 4.45. The summed E-state index contributed by atoms with van der Waals surface area (Å²) in [6.45, 7) is 11.2. The summed E-state index contributed by atoms with van der Waals surface area (Å²) in [4.78, 5) is 19.7. The first-order chi connectivity index (χ1) is 13.4. The molecule has 154 valence electrons. The highest BCUT2D eigenvalue weighted by Crippen LogP contribution is 2.31. The standard InChI is InChI=1S/C22H34N4O2/c1-18(2)16-28-20-8-5-7-19(15-20)23-21(27)26-13-9-22(10-14-26)17-24(3)11-6-12-25(22)4/h5,7-8,15H,1,6,9-14,16-17H2,2-4H3,(H,23,27). The Balaban J connectivity index is 1.57. The number of urea groups is 1. The topological polar surface area (TPSA) is 48.1 Å². The van der Waals surface area contributed by atoms with E-state index in [9.17, 15) is 4.79 Å². The van der Waals surface area contributed by atoms with Crippen LogP contribution >= 0.6 is 0 Å². The van der Waals surface area contributed by atoms with Crippen molar-refractivity contribution in [3.63, 3.8) is 0 Å². The van der Waals surface area contributed by atoms with Gasteiger partial charge in [-0.3, -0.25) is 4.90 Å². The van der Waals surface area contributed by atoms with E-state index in [4.69, 9.17) is 4.74 Å². The molecule has 6 heteroatoms. The number of hydrogen-bond donors (Lipinski definition) is 1. The molecule has 2 aliphatic heterocycles. The largest absolute Gasteiger partial charge is 0.489 e. The molecule has 3 rings (SSSR count). The molecule has 0 atom stereocenters. The molecule has 0 radical (unpaired) electrons. The molecule has 2 amide bonds. The first kappa shape index (κ1) is 20.7. The predicted octanol–water partition coefficient (Wildman–Crippen LogP) is 3.28. The molecule has 0 aliphatic carbocycles. The van der Waals surface area contributed by atoms with Gasteiger partial charge in [0.2, 0.25) is 0 Å². The van der Waals surface area contributed by atoms with Crippen molar-refractivity contribution in [3.05, 3.63) is 36.4 Å². The van der Waals surface area contributed by atoms with Crippen molar-refractivity contribution in [2.75, 3.05) is 58.7 Å². The van der Waals surface area contributed by atoms with Crippen LogP contribution in [-0.2, 0) is 0 Å². The van der Waals surface area contributed by atoms with Crippen molar-refractivity contribution >= 4 is 11.7 Å². The predicted molar refractivity (Wildman–Crippen MR) is 114 cm³/mol. The number of carbonyl (C=O) groups excluding carboxylic acids is 1. The Morgan fingerprint density at radius 3 is 2.68 bits per heavy atom. The Labute approximate surface area is 169 Å². The van der Waals surface area contributed by atoms with Crippen LogP contribution in [0.2, 0.25) is 0 Å². The van der Waals surface area contributed by atoms with E-state index in [0.717, 1.165) is 62.6 Å². The number of ether oxygens (including phenoxy) is 1. The van der Waals surface area contributed by atoms with E-state index >= 15 is 0 Å². The first-order valence-corrected chi connectivity index (χ1v) is 10.2. The van der Waals surface area contributed by atoms with Gasteiger partial charge in [-0.15, -0.1) is 0 Å². The van der Waals surface area contributed by atoms with Gasteiger partial charge < -0.3 is 19.9 Å². The molecule has 2 aliphatic rings. The monoisotopic (exact) mass is 386 g/mol. The van der Waals surface area contributed by atoms with Crippen molar-refractivity contribution in [2.24, 2.45) is 0 Å². The van der Waals surface area contributed by atoms with Gasteiger partial charge in [0.25, 0.3) is 0 Å². The van der Waals surface area contributed by atoms with Crippen LogP contribution in [0.25, 0.3) is 0 Å². The number of hydrogen-bond acceptors (Lipinski definition) is 4. The highest BCUT2D eigenvalue weighted by atomic mass is 16.5. The van der Waals surface area contributed by atoms with E-state index < -0.39 is 0 Å². The molecule has 2 fully saturated rings. The molecule has 0 aromatic heterocycles. The summed E-state index contributed by atoms with van der Waals surface area (Å²) >= 11 is 0. The van der Waals surface area contributed by atoms with Gasteiger partial charge in [-0.2, -0.15) is 0 Å². The molecule has 1 aromatic rings.